The van der Waals surface area contributed by atoms with Crippen molar-refractivity contribution < 1.29 is 22.7 Å². The van der Waals surface area contributed by atoms with Crippen LogP contribution in [0.3, 0.4) is 0 Å². The Bertz CT molecular complexity index is 868. The average Bonchev–Trinajstić information content (AvgIpc) is 2.71. The average molecular weight is 422 g/mol. The first-order valence-electron chi connectivity index (χ1n) is 9.60. The van der Waals surface area contributed by atoms with Gasteiger partial charge in [0.25, 0.3) is 5.91 Å². The van der Waals surface area contributed by atoms with Gasteiger partial charge in [-0.25, -0.2) is 13.2 Å². The molecule has 0 N–H and O–H groups in total. The summed E-state index contributed by atoms with van der Waals surface area (Å²) in [6.07, 6.45) is 0.843. The molecule has 0 radical (unpaired) electrons. The highest BCUT2D eigenvalue weighted by molar-refractivity contribution is 7.89. The van der Waals surface area contributed by atoms with Crippen LogP contribution in [0.2, 0.25) is 0 Å². The van der Waals surface area contributed by atoms with Crippen molar-refractivity contribution in [2.75, 3.05) is 26.7 Å². The molecule has 9 heteroatoms. The van der Waals surface area contributed by atoms with Crippen LogP contribution in [-0.4, -0.2) is 62.3 Å². The SMILES string of the molecule is CC1CCN(S(=O)(=O)c2ccc(C(=O)O[C@@H](C)C(=O)N(C)CCC#N)cc2)CC1. The lowest BCUT2D eigenvalue weighted by molar-refractivity contribution is -0.138. The second kappa shape index (κ2) is 9.85. The zero-order valence-electron chi connectivity index (χ0n) is 17.0. The molecule has 2 rings (SSSR count). The van der Waals surface area contributed by atoms with Crippen molar-refractivity contribution in [3.63, 3.8) is 0 Å². The minimum Gasteiger partial charge on any atom is -0.449 e. The minimum atomic E-state index is -3.59. The topological polar surface area (TPSA) is 108 Å². The van der Waals surface area contributed by atoms with Crippen LogP contribution >= 0.6 is 0 Å². The Hall–Kier alpha value is -2.44. The number of carbonyl (C=O) groups is 2. The van der Waals surface area contributed by atoms with Crippen molar-refractivity contribution in [3.8, 4) is 6.07 Å². The van der Waals surface area contributed by atoms with Crippen molar-refractivity contribution in [2.24, 2.45) is 5.92 Å². The summed E-state index contributed by atoms with van der Waals surface area (Å²) < 4.78 is 32.1. The maximum absolute atomic E-state index is 12.7. The van der Waals surface area contributed by atoms with E-state index in [-0.39, 0.29) is 23.4 Å². The lowest BCUT2D eigenvalue weighted by Gasteiger charge is -2.29. The van der Waals surface area contributed by atoms with E-state index in [1.165, 1.54) is 47.4 Å². The smallest absolute Gasteiger partial charge is 0.338 e. The van der Waals surface area contributed by atoms with Gasteiger partial charge in [-0.05, 0) is 49.9 Å². The standard InChI is InChI=1S/C20H27N3O5S/c1-15-9-13-23(14-10-15)29(26,27)18-7-5-17(6-8-18)20(25)28-16(2)19(24)22(3)12-4-11-21/h5-8,15-16H,4,9-10,12-14H2,1-3H3/t16-/m0/s1. The van der Waals surface area contributed by atoms with E-state index in [2.05, 4.69) is 6.92 Å². The summed E-state index contributed by atoms with van der Waals surface area (Å²) in [6, 6.07) is 7.49. The largest absolute Gasteiger partial charge is 0.449 e. The molecular formula is C20H27N3O5S. The predicted octanol–water partition coefficient (Wildman–Crippen LogP) is 2.02. The molecule has 1 fully saturated rings. The first-order chi connectivity index (χ1) is 13.7. The summed E-state index contributed by atoms with van der Waals surface area (Å²) in [5, 5.41) is 8.58. The van der Waals surface area contributed by atoms with E-state index in [9.17, 15) is 18.0 Å². The molecular weight excluding hydrogens is 394 g/mol. The molecule has 0 aromatic heterocycles. The summed E-state index contributed by atoms with van der Waals surface area (Å²) in [5.74, 6) is -0.607. The number of hydrogen-bond acceptors (Lipinski definition) is 6. The highest BCUT2D eigenvalue weighted by atomic mass is 32.2. The van der Waals surface area contributed by atoms with Crippen LogP contribution in [-0.2, 0) is 19.6 Å². The number of esters is 1. The van der Waals surface area contributed by atoms with Crippen LogP contribution in [0.1, 0.15) is 43.5 Å². The van der Waals surface area contributed by atoms with Crippen molar-refractivity contribution >= 4 is 21.9 Å². The number of hydrogen-bond donors (Lipinski definition) is 0. The van der Waals surface area contributed by atoms with Crippen molar-refractivity contribution in [1.82, 2.24) is 9.21 Å². The molecule has 0 bridgehead atoms. The number of likely N-dealkylation sites (N-methyl/N-ethyl adjacent to an activating group) is 1. The molecule has 29 heavy (non-hydrogen) atoms. The Morgan fingerprint density at radius 3 is 2.41 bits per heavy atom. The van der Waals surface area contributed by atoms with Gasteiger partial charge < -0.3 is 9.64 Å². The third kappa shape index (κ3) is 5.78. The van der Waals surface area contributed by atoms with Gasteiger partial charge in [-0.15, -0.1) is 0 Å². The number of ether oxygens (including phenoxy) is 1. The summed E-state index contributed by atoms with van der Waals surface area (Å²) in [7, 11) is -2.06. The Morgan fingerprint density at radius 2 is 1.86 bits per heavy atom. The molecule has 1 aliphatic heterocycles. The van der Waals surface area contributed by atoms with Crippen LogP contribution in [0.25, 0.3) is 0 Å². The normalized spacial score (nSPS) is 16.6. The number of sulfonamides is 1. The molecule has 158 valence electrons. The van der Waals surface area contributed by atoms with Gasteiger partial charge in [-0.3, -0.25) is 4.79 Å². The van der Waals surface area contributed by atoms with Crippen LogP contribution < -0.4 is 0 Å². The van der Waals surface area contributed by atoms with Gasteiger partial charge in [0.15, 0.2) is 6.10 Å². The molecule has 1 aliphatic rings. The molecule has 8 nitrogen and oxygen atoms in total. The summed E-state index contributed by atoms with van der Waals surface area (Å²) >= 11 is 0. The number of nitriles is 1. The van der Waals surface area contributed by atoms with Gasteiger partial charge in [0.1, 0.15) is 0 Å². The van der Waals surface area contributed by atoms with Gasteiger partial charge in [0, 0.05) is 26.7 Å². The number of nitrogens with zero attached hydrogens (tertiary/aromatic N) is 3. The van der Waals surface area contributed by atoms with Crippen molar-refractivity contribution in [1.29, 1.82) is 5.26 Å². The number of rotatable bonds is 7. The van der Waals surface area contributed by atoms with Gasteiger partial charge in [0.05, 0.1) is 22.9 Å². The minimum absolute atomic E-state index is 0.129. The molecule has 0 unspecified atom stereocenters. The van der Waals surface area contributed by atoms with Gasteiger partial charge in [0.2, 0.25) is 10.0 Å². The maximum Gasteiger partial charge on any atom is 0.338 e. The monoisotopic (exact) mass is 421 g/mol. The quantitative estimate of drug-likeness (QED) is 0.623. The van der Waals surface area contributed by atoms with E-state index in [4.69, 9.17) is 10.00 Å². The molecule has 1 aromatic rings. The molecule has 1 saturated heterocycles. The number of carbonyl (C=O) groups excluding carboxylic acids is 2. The fraction of sp³-hybridized carbons (Fsp3) is 0.550. The first kappa shape index (κ1) is 22.8. The highest BCUT2D eigenvalue weighted by Crippen LogP contribution is 2.23. The van der Waals surface area contributed by atoms with Crippen molar-refractivity contribution in [2.45, 2.75) is 44.1 Å². The van der Waals surface area contributed by atoms with Crippen LogP contribution in [0, 0.1) is 17.2 Å². The Labute approximate surface area is 172 Å². The lowest BCUT2D eigenvalue weighted by atomic mass is 10.0. The molecule has 0 aliphatic carbocycles. The molecule has 1 atom stereocenters. The molecule has 1 amide bonds. The lowest BCUT2D eigenvalue weighted by Crippen LogP contribution is -2.38. The predicted molar refractivity (Wildman–Crippen MR) is 106 cm³/mol. The van der Waals surface area contributed by atoms with Crippen molar-refractivity contribution in [3.05, 3.63) is 29.8 Å². The number of piperidine rings is 1. The summed E-state index contributed by atoms with van der Waals surface area (Å²) in [6.45, 7) is 4.80. The molecule has 1 heterocycles. The van der Waals surface area contributed by atoms with Crippen LogP contribution in [0.5, 0.6) is 0 Å². The fourth-order valence-corrected chi connectivity index (χ4v) is 4.52. The molecule has 1 aromatic carbocycles. The Balaban J connectivity index is 2.01. The van der Waals surface area contributed by atoms with Gasteiger partial charge in [-0.1, -0.05) is 6.92 Å². The van der Waals surface area contributed by atoms with E-state index in [0.29, 0.717) is 19.0 Å². The Kier molecular flexibility index (Phi) is 7.76. The van der Waals surface area contributed by atoms with E-state index >= 15 is 0 Å². The van der Waals surface area contributed by atoms with Gasteiger partial charge >= 0.3 is 5.97 Å². The van der Waals surface area contributed by atoms with Crippen LogP contribution in [0.15, 0.2) is 29.2 Å². The second-order valence-electron chi connectivity index (χ2n) is 7.33. The first-order valence-corrected chi connectivity index (χ1v) is 11.0. The van der Waals surface area contributed by atoms with Gasteiger partial charge in [-0.2, -0.15) is 9.57 Å². The summed E-state index contributed by atoms with van der Waals surface area (Å²) in [4.78, 5) is 25.9. The van der Waals surface area contributed by atoms with E-state index < -0.39 is 28.0 Å². The molecule has 0 saturated carbocycles. The zero-order chi connectivity index (χ0) is 21.6. The number of amides is 1. The zero-order valence-corrected chi connectivity index (χ0v) is 17.8. The third-order valence-corrected chi connectivity index (χ3v) is 6.95. The molecule has 0 spiro atoms. The maximum atomic E-state index is 12.7. The Morgan fingerprint density at radius 1 is 1.28 bits per heavy atom. The summed E-state index contributed by atoms with van der Waals surface area (Å²) in [5.41, 5.74) is 0.163. The fourth-order valence-electron chi connectivity index (χ4n) is 3.05. The van der Waals surface area contributed by atoms with E-state index in [1.54, 1.807) is 0 Å². The number of benzene rings is 1. The van der Waals surface area contributed by atoms with E-state index in [0.717, 1.165) is 12.8 Å². The van der Waals surface area contributed by atoms with E-state index in [1.807, 2.05) is 6.07 Å². The highest BCUT2D eigenvalue weighted by Gasteiger charge is 2.28. The second-order valence-corrected chi connectivity index (χ2v) is 9.26. The van der Waals surface area contributed by atoms with Crippen LogP contribution in [0.4, 0.5) is 0 Å². The third-order valence-electron chi connectivity index (χ3n) is 5.04.